The van der Waals surface area contributed by atoms with E-state index in [1.165, 1.54) is 11.1 Å². The summed E-state index contributed by atoms with van der Waals surface area (Å²) in [6.45, 7) is 13.4. The highest BCUT2D eigenvalue weighted by Crippen LogP contribution is 2.21. The van der Waals surface area contributed by atoms with Gasteiger partial charge in [0.1, 0.15) is 0 Å². The molecule has 0 heterocycles. The van der Waals surface area contributed by atoms with Gasteiger partial charge in [-0.1, -0.05) is 24.3 Å². The molecule has 0 saturated carbocycles. The molecule has 3 heteroatoms. The normalized spacial score (nSPS) is 13.4. The largest absolute Gasteiger partial charge is 0.379 e. The van der Waals surface area contributed by atoms with Crippen molar-refractivity contribution in [1.29, 1.82) is 0 Å². The maximum atomic E-state index is 6.02. The van der Waals surface area contributed by atoms with Gasteiger partial charge in [0.15, 0.2) is 0 Å². The average Bonchev–Trinajstić information content (AvgIpc) is 2.38. The van der Waals surface area contributed by atoms with Crippen molar-refractivity contribution in [2.45, 2.75) is 46.3 Å². The molecule has 0 bridgehead atoms. The first-order chi connectivity index (χ1) is 9.44. The van der Waals surface area contributed by atoms with Crippen molar-refractivity contribution in [3.63, 3.8) is 0 Å². The van der Waals surface area contributed by atoms with E-state index in [4.69, 9.17) is 9.47 Å². The van der Waals surface area contributed by atoms with Gasteiger partial charge in [-0.25, -0.2) is 0 Å². The van der Waals surface area contributed by atoms with Crippen LogP contribution >= 0.6 is 0 Å². The average molecular weight is 279 g/mol. The number of aryl methyl sites for hydroxylation is 1. The van der Waals surface area contributed by atoms with E-state index in [1.54, 1.807) is 0 Å². The molecule has 0 radical (unpaired) electrons. The van der Waals surface area contributed by atoms with E-state index in [2.05, 4.69) is 57.3 Å². The first-order valence-electron chi connectivity index (χ1n) is 7.44. The van der Waals surface area contributed by atoms with E-state index >= 15 is 0 Å². The Kier molecular flexibility index (Phi) is 7.20. The van der Waals surface area contributed by atoms with Gasteiger partial charge in [-0.05, 0) is 45.7 Å². The maximum Gasteiger partial charge on any atom is 0.0953 e. The molecule has 20 heavy (non-hydrogen) atoms. The number of hydrogen-bond donors (Lipinski definition) is 1. The molecule has 0 amide bonds. The number of hydrogen-bond acceptors (Lipinski definition) is 3. The second-order valence-electron chi connectivity index (χ2n) is 6.04. The Hall–Kier alpha value is -0.900. The van der Waals surface area contributed by atoms with Crippen LogP contribution in [0.2, 0.25) is 0 Å². The van der Waals surface area contributed by atoms with Crippen molar-refractivity contribution in [1.82, 2.24) is 5.32 Å². The second kappa shape index (κ2) is 8.40. The summed E-state index contributed by atoms with van der Waals surface area (Å²) in [7, 11) is 0. The van der Waals surface area contributed by atoms with E-state index in [1.807, 2.05) is 6.92 Å². The summed E-state index contributed by atoms with van der Waals surface area (Å²) in [5, 5.41) is 3.52. The van der Waals surface area contributed by atoms with Gasteiger partial charge >= 0.3 is 0 Å². The molecule has 0 spiro atoms. The van der Waals surface area contributed by atoms with Crippen molar-refractivity contribution in [2.24, 2.45) is 0 Å². The molecule has 1 aromatic carbocycles. The van der Waals surface area contributed by atoms with Crippen LogP contribution in [0, 0.1) is 6.92 Å². The van der Waals surface area contributed by atoms with E-state index < -0.39 is 0 Å². The Balaban J connectivity index is 2.66. The van der Waals surface area contributed by atoms with Crippen LogP contribution < -0.4 is 5.32 Å². The predicted octanol–water partition coefficient (Wildman–Crippen LogP) is 3.48. The molecule has 0 fully saturated rings. The quantitative estimate of drug-likeness (QED) is 0.739. The second-order valence-corrected chi connectivity index (χ2v) is 6.04. The van der Waals surface area contributed by atoms with E-state index in [0.29, 0.717) is 13.2 Å². The third-order valence-corrected chi connectivity index (χ3v) is 3.10. The fourth-order valence-corrected chi connectivity index (χ4v) is 2.00. The van der Waals surface area contributed by atoms with E-state index in [-0.39, 0.29) is 11.6 Å². The third-order valence-electron chi connectivity index (χ3n) is 3.10. The SMILES string of the molecule is CCOCCOC(CNC(C)(C)C)c1ccccc1C. The summed E-state index contributed by atoms with van der Waals surface area (Å²) in [6.07, 6.45) is 0.0656. The van der Waals surface area contributed by atoms with Gasteiger partial charge in [-0.3, -0.25) is 0 Å². The Bertz CT molecular complexity index is 385. The number of rotatable bonds is 8. The lowest BCUT2D eigenvalue weighted by molar-refractivity contribution is 0.00434. The molecule has 1 aromatic rings. The summed E-state index contributed by atoms with van der Waals surface area (Å²) in [5.41, 5.74) is 2.61. The van der Waals surface area contributed by atoms with Gasteiger partial charge in [-0.15, -0.1) is 0 Å². The van der Waals surface area contributed by atoms with Crippen LogP contribution in [0.5, 0.6) is 0 Å². The molecule has 114 valence electrons. The highest BCUT2D eigenvalue weighted by molar-refractivity contribution is 5.28. The Labute approximate surface area is 123 Å². The van der Waals surface area contributed by atoms with Crippen molar-refractivity contribution < 1.29 is 9.47 Å². The molecule has 0 aromatic heterocycles. The van der Waals surface area contributed by atoms with Gasteiger partial charge < -0.3 is 14.8 Å². The van der Waals surface area contributed by atoms with Crippen LogP contribution in [0.3, 0.4) is 0 Å². The molecular formula is C17H29NO2. The highest BCUT2D eigenvalue weighted by atomic mass is 16.5. The molecule has 1 N–H and O–H groups in total. The molecule has 1 rings (SSSR count). The molecule has 3 nitrogen and oxygen atoms in total. The summed E-state index contributed by atoms with van der Waals surface area (Å²) in [4.78, 5) is 0. The summed E-state index contributed by atoms with van der Waals surface area (Å²) in [5.74, 6) is 0. The van der Waals surface area contributed by atoms with Gasteiger partial charge in [0, 0.05) is 18.7 Å². The number of benzene rings is 1. The molecule has 0 aliphatic heterocycles. The monoisotopic (exact) mass is 279 g/mol. The van der Waals surface area contributed by atoms with Crippen LogP contribution in [-0.4, -0.2) is 31.9 Å². The lowest BCUT2D eigenvalue weighted by Gasteiger charge is -2.26. The minimum atomic E-state index is 0.0656. The van der Waals surface area contributed by atoms with Gasteiger partial charge in [0.25, 0.3) is 0 Å². The molecule has 1 atom stereocenters. The Morgan fingerprint density at radius 3 is 2.45 bits per heavy atom. The summed E-state index contributed by atoms with van der Waals surface area (Å²) >= 11 is 0. The minimum Gasteiger partial charge on any atom is -0.379 e. The van der Waals surface area contributed by atoms with Gasteiger partial charge in [-0.2, -0.15) is 0 Å². The topological polar surface area (TPSA) is 30.5 Å². The van der Waals surface area contributed by atoms with Crippen molar-refractivity contribution in [3.8, 4) is 0 Å². The lowest BCUT2D eigenvalue weighted by atomic mass is 10.0. The summed E-state index contributed by atoms with van der Waals surface area (Å²) < 4.78 is 11.4. The zero-order valence-electron chi connectivity index (χ0n) is 13.5. The van der Waals surface area contributed by atoms with Crippen LogP contribution in [0.1, 0.15) is 44.9 Å². The standard InChI is InChI=1S/C17H29NO2/c1-6-19-11-12-20-16(13-18-17(3,4)5)15-10-8-7-9-14(15)2/h7-10,16,18H,6,11-13H2,1-5H3. The van der Waals surface area contributed by atoms with Crippen molar-refractivity contribution >= 4 is 0 Å². The van der Waals surface area contributed by atoms with E-state index in [9.17, 15) is 0 Å². The van der Waals surface area contributed by atoms with Crippen molar-refractivity contribution in [2.75, 3.05) is 26.4 Å². The molecule has 0 aliphatic rings. The molecular weight excluding hydrogens is 250 g/mol. The third kappa shape index (κ3) is 6.51. The Morgan fingerprint density at radius 2 is 1.85 bits per heavy atom. The predicted molar refractivity (Wildman–Crippen MR) is 84.1 cm³/mol. The maximum absolute atomic E-state index is 6.02. The Morgan fingerprint density at radius 1 is 1.15 bits per heavy atom. The fraction of sp³-hybridized carbons (Fsp3) is 0.647. The van der Waals surface area contributed by atoms with Crippen LogP contribution in [0.4, 0.5) is 0 Å². The zero-order valence-corrected chi connectivity index (χ0v) is 13.5. The zero-order chi connectivity index (χ0) is 15.0. The lowest BCUT2D eigenvalue weighted by Crippen LogP contribution is -2.39. The molecule has 0 aliphatic carbocycles. The summed E-state index contributed by atoms with van der Waals surface area (Å²) in [6, 6.07) is 8.40. The first-order valence-corrected chi connectivity index (χ1v) is 7.44. The highest BCUT2D eigenvalue weighted by Gasteiger charge is 2.17. The number of ether oxygens (including phenoxy) is 2. The van der Waals surface area contributed by atoms with Crippen LogP contribution in [0.15, 0.2) is 24.3 Å². The van der Waals surface area contributed by atoms with Crippen LogP contribution in [0.25, 0.3) is 0 Å². The number of nitrogens with one attached hydrogen (secondary N) is 1. The van der Waals surface area contributed by atoms with Gasteiger partial charge in [0.2, 0.25) is 0 Å². The first kappa shape index (κ1) is 17.2. The molecule has 0 saturated heterocycles. The van der Waals surface area contributed by atoms with E-state index in [0.717, 1.165) is 13.2 Å². The fourth-order valence-electron chi connectivity index (χ4n) is 2.00. The van der Waals surface area contributed by atoms with Crippen LogP contribution in [-0.2, 0) is 9.47 Å². The minimum absolute atomic E-state index is 0.0656. The van der Waals surface area contributed by atoms with Gasteiger partial charge in [0.05, 0.1) is 19.3 Å². The smallest absolute Gasteiger partial charge is 0.0953 e. The molecule has 1 unspecified atom stereocenters. The van der Waals surface area contributed by atoms with Crippen molar-refractivity contribution in [3.05, 3.63) is 35.4 Å².